The summed E-state index contributed by atoms with van der Waals surface area (Å²) in [4.78, 5) is 6.87. The van der Waals surface area contributed by atoms with E-state index in [1.807, 2.05) is 28.8 Å². The average Bonchev–Trinajstić information content (AvgIpc) is 2.73. The van der Waals surface area contributed by atoms with Crippen LogP contribution < -0.4 is 0 Å². The van der Waals surface area contributed by atoms with Crippen molar-refractivity contribution in [2.45, 2.75) is 6.42 Å². The molecule has 16 heavy (non-hydrogen) atoms. The largest absolute Gasteiger partial charge is 0.293 e. The van der Waals surface area contributed by atoms with Crippen LogP contribution in [0.15, 0.2) is 35.7 Å². The van der Waals surface area contributed by atoms with E-state index in [1.165, 1.54) is 0 Å². The van der Waals surface area contributed by atoms with Gasteiger partial charge in [0, 0.05) is 24.1 Å². The number of azide groups is 1. The highest BCUT2D eigenvalue weighted by Crippen LogP contribution is 2.04. The minimum absolute atomic E-state index is 0.403. The zero-order chi connectivity index (χ0) is 11.2. The van der Waals surface area contributed by atoms with E-state index in [4.69, 9.17) is 5.53 Å². The van der Waals surface area contributed by atoms with Crippen molar-refractivity contribution in [1.29, 1.82) is 0 Å². The minimum Gasteiger partial charge on any atom is -0.293 e. The summed E-state index contributed by atoms with van der Waals surface area (Å²) in [5.74, 6) is 5.93. The van der Waals surface area contributed by atoms with Crippen molar-refractivity contribution in [2.75, 3.05) is 6.54 Å². The zero-order valence-electron chi connectivity index (χ0n) is 8.54. The third-order valence-electron chi connectivity index (χ3n) is 2.03. The second-order valence-electron chi connectivity index (χ2n) is 3.08. The van der Waals surface area contributed by atoms with E-state index in [1.54, 1.807) is 6.20 Å². The minimum atomic E-state index is 0.403. The van der Waals surface area contributed by atoms with E-state index >= 15 is 0 Å². The Hall–Kier alpha value is -2.44. The Morgan fingerprint density at radius 2 is 2.44 bits per heavy atom. The lowest BCUT2D eigenvalue weighted by Gasteiger charge is -1.92. The summed E-state index contributed by atoms with van der Waals surface area (Å²) < 4.78 is 1.92. The van der Waals surface area contributed by atoms with Gasteiger partial charge in [-0.2, -0.15) is 0 Å². The molecule has 0 atom stereocenters. The molecule has 78 valence electrons. The van der Waals surface area contributed by atoms with E-state index in [0.29, 0.717) is 13.0 Å². The molecule has 0 aliphatic rings. The molecule has 2 rings (SSSR count). The number of aromatic nitrogens is 2. The Kier molecular flexibility index (Phi) is 3.07. The van der Waals surface area contributed by atoms with Crippen molar-refractivity contribution in [3.63, 3.8) is 0 Å². The fourth-order valence-electron chi connectivity index (χ4n) is 1.33. The highest BCUT2D eigenvalue weighted by atomic mass is 15.1. The van der Waals surface area contributed by atoms with Crippen molar-refractivity contribution in [1.82, 2.24) is 9.38 Å². The molecule has 0 spiro atoms. The van der Waals surface area contributed by atoms with Crippen LogP contribution in [0.2, 0.25) is 0 Å². The second-order valence-corrected chi connectivity index (χ2v) is 3.08. The molecule has 2 aromatic heterocycles. The third-order valence-corrected chi connectivity index (χ3v) is 2.03. The van der Waals surface area contributed by atoms with Crippen LogP contribution in [0.3, 0.4) is 0 Å². The fraction of sp³-hybridized carbons (Fsp3) is 0.182. The number of hydrogen-bond acceptors (Lipinski definition) is 2. The quantitative estimate of drug-likeness (QED) is 0.247. The number of hydrogen-bond donors (Lipinski definition) is 0. The summed E-state index contributed by atoms with van der Waals surface area (Å²) in [6.07, 6.45) is 4.21. The van der Waals surface area contributed by atoms with Crippen molar-refractivity contribution in [3.8, 4) is 11.8 Å². The first-order valence-electron chi connectivity index (χ1n) is 4.83. The Labute approximate surface area is 92.4 Å². The van der Waals surface area contributed by atoms with Gasteiger partial charge in [0.05, 0.1) is 6.20 Å². The summed E-state index contributed by atoms with van der Waals surface area (Å²) in [6, 6.07) is 5.78. The second kappa shape index (κ2) is 4.87. The summed E-state index contributed by atoms with van der Waals surface area (Å²) >= 11 is 0. The first kappa shape index (κ1) is 10.1. The molecular weight excluding hydrogens is 202 g/mol. The lowest BCUT2D eigenvalue weighted by atomic mass is 10.4. The first-order valence-corrected chi connectivity index (χ1v) is 4.83. The molecule has 2 heterocycles. The van der Waals surface area contributed by atoms with Gasteiger partial charge in [0.15, 0.2) is 0 Å². The molecule has 0 unspecified atom stereocenters. The molecule has 0 N–H and O–H groups in total. The fourth-order valence-corrected chi connectivity index (χ4v) is 1.33. The Bertz CT molecular complexity index is 595. The highest BCUT2D eigenvalue weighted by molar-refractivity contribution is 5.44. The van der Waals surface area contributed by atoms with Gasteiger partial charge in [-0.05, 0) is 23.6 Å². The number of fused-ring (bicyclic) bond motifs is 1. The number of imidazole rings is 1. The maximum Gasteiger partial charge on any atom is 0.137 e. The molecule has 0 bridgehead atoms. The van der Waals surface area contributed by atoms with Crippen LogP contribution >= 0.6 is 0 Å². The molecule has 0 radical (unpaired) electrons. The maximum absolute atomic E-state index is 8.09. The predicted octanol–water partition coefficient (Wildman–Crippen LogP) is 2.39. The van der Waals surface area contributed by atoms with Crippen LogP contribution in [0, 0.1) is 11.8 Å². The maximum atomic E-state index is 8.09. The Balaban J connectivity index is 2.18. The summed E-state index contributed by atoms with van der Waals surface area (Å²) in [6.45, 7) is 0.403. The molecule has 0 aliphatic heterocycles. The molecule has 0 saturated heterocycles. The summed E-state index contributed by atoms with van der Waals surface area (Å²) in [5, 5.41) is 3.41. The molecule has 5 nitrogen and oxygen atoms in total. The lowest BCUT2D eigenvalue weighted by Crippen LogP contribution is -1.86. The van der Waals surface area contributed by atoms with Crippen LogP contribution in [0.4, 0.5) is 0 Å². The molecule has 0 aliphatic carbocycles. The molecule has 2 aromatic rings. The number of nitrogens with zero attached hydrogens (tertiary/aromatic N) is 5. The summed E-state index contributed by atoms with van der Waals surface area (Å²) in [7, 11) is 0. The van der Waals surface area contributed by atoms with E-state index in [0.717, 1.165) is 11.3 Å². The van der Waals surface area contributed by atoms with E-state index in [2.05, 4.69) is 26.9 Å². The molecular formula is C11H9N5. The highest BCUT2D eigenvalue weighted by Gasteiger charge is 1.96. The van der Waals surface area contributed by atoms with Gasteiger partial charge in [-0.15, -0.1) is 0 Å². The number of pyridine rings is 1. The van der Waals surface area contributed by atoms with E-state index in [-0.39, 0.29) is 0 Å². The van der Waals surface area contributed by atoms with Gasteiger partial charge >= 0.3 is 0 Å². The first-order chi connectivity index (χ1) is 7.92. The van der Waals surface area contributed by atoms with Gasteiger partial charge < -0.3 is 0 Å². The summed E-state index contributed by atoms with van der Waals surface area (Å²) in [5.41, 5.74) is 9.81. The Morgan fingerprint density at radius 1 is 1.50 bits per heavy atom. The van der Waals surface area contributed by atoms with Gasteiger partial charge in [-0.3, -0.25) is 4.40 Å². The van der Waals surface area contributed by atoms with Crippen molar-refractivity contribution >= 4 is 5.65 Å². The van der Waals surface area contributed by atoms with Crippen LogP contribution in [0.1, 0.15) is 12.1 Å². The van der Waals surface area contributed by atoms with Crippen LogP contribution in [-0.4, -0.2) is 15.9 Å². The van der Waals surface area contributed by atoms with Gasteiger partial charge in [0.2, 0.25) is 0 Å². The average molecular weight is 211 g/mol. The molecule has 0 fully saturated rings. The van der Waals surface area contributed by atoms with Crippen LogP contribution in [-0.2, 0) is 0 Å². The van der Waals surface area contributed by atoms with Crippen molar-refractivity contribution in [3.05, 3.63) is 46.7 Å². The number of rotatable bonds is 2. The standard InChI is InChI=1S/C11H9N5/c12-15-14-7-3-1-5-10-9-13-11-6-2-4-8-16(10)11/h2,4,6,8-9H,3,7H2. The van der Waals surface area contributed by atoms with Gasteiger partial charge in [0.25, 0.3) is 0 Å². The van der Waals surface area contributed by atoms with Gasteiger partial charge in [-0.1, -0.05) is 17.1 Å². The smallest absolute Gasteiger partial charge is 0.137 e. The van der Waals surface area contributed by atoms with Crippen molar-refractivity contribution < 1.29 is 0 Å². The SMILES string of the molecule is [N-]=[N+]=NCCC#Cc1cnc2ccccn12. The zero-order valence-corrected chi connectivity index (χ0v) is 8.54. The van der Waals surface area contributed by atoms with Crippen LogP contribution in [0.25, 0.3) is 16.1 Å². The monoisotopic (exact) mass is 211 g/mol. The third kappa shape index (κ3) is 2.14. The van der Waals surface area contributed by atoms with Crippen molar-refractivity contribution in [2.24, 2.45) is 5.11 Å². The predicted molar refractivity (Wildman–Crippen MR) is 60.7 cm³/mol. The molecule has 0 amide bonds. The molecule has 0 saturated carbocycles. The van der Waals surface area contributed by atoms with Crippen LogP contribution in [0.5, 0.6) is 0 Å². The van der Waals surface area contributed by atoms with E-state index in [9.17, 15) is 0 Å². The molecule has 5 heteroatoms. The topological polar surface area (TPSA) is 66.1 Å². The van der Waals surface area contributed by atoms with Gasteiger partial charge in [0.1, 0.15) is 11.3 Å². The lowest BCUT2D eigenvalue weighted by molar-refractivity contribution is 1.01. The van der Waals surface area contributed by atoms with Gasteiger partial charge in [-0.25, -0.2) is 4.98 Å². The normalized spacial score (nSPS) is 9.25. The Morgan fingerprint density at radius 3 is 3.31 bits per heavy atom. The van der Waals surface area contributed by atoms with E-state index < -0.39 is 0 Å². The molecule has 0 aromatic carbocycles.